The molecule has 0 aromatic carbocycles. The van der Waals surface area contributed by atoms with E-state index in [1.165, 1.54) is 57.8 Å². The first-order chi connectivity index (χ1) is 16.4. The number of aliphatic hydroxyl groups is 1. The lowest BCUT2D eigenvalue weighted by Gasteiger charge is -2.58. The summed E-state index contributed by atoms with van der Waals surface area (Å²) in [6, 6.07) is 0. The van der Waals surface area contributed by atoms with Crippen molar-refractivity contribution in [3.8, 4) is 0 Å². The van der Waals surface area contributed by atoms with Crippen molar-refractivity contribution in [1.82, 2.24) is 0 Å². The molecule has 0 unspecified atom stereocenters. The van der Waals surface area contributed by atoms with E-state index in [-0.39, 0.29) is 6.10 Å². The topological polar surface area (TPSA) is 29.5 Å². The molecular weight excluding hydrogens is 428 g/mol. The van der Waals surface area contributed by atoms with E-state index in [2.05, 4.69) is 40.7 Å². The van der Waals surface area contributed by atoms with Crippen LogP contribution in [0.4, 0.5) is 0 Å². The van der Waals surface area contributed by atoms with Gasteiger partial charge in [-0.2, -0.15) is 0 Å². The molecule has 3 fully saturated rings. The molecule has 4 rings (SSSR count). The predicted molar refractivity (Wildman–Crippen MR) is 150 cm³/mol. The van der Waals surface area contributed by atoms with Crippen LogP contribution >= 0.6 is 0 Å². The second-order valence-electron chi connectivity index (χ2n) is 14.4. The number of allylic oxidation sites excluding steroid dienone is 1. The summed E-state index contributed by atoms with van der Waals surface area (Å²) in [7, 11) is 0. The Morgan fingerprint density at radius 1 is 0.886 bits per heavy atom. The van der Waals surface area contributed by atoms with Gasteiger partial charge in [0, 0.05) is 0 Å². The molecule has 8 atom stereocenters. The Morgan fingerprint density at radius 2 is 1.57 bits per heavy atom. The zero-order valence-electron chi connectivity index (χ0n) is 24.9. The third kappa shape index (κ3) is 6.57. The van der Waals surface area contributed by atoms with E-state index in [1.54, 1.807) is 5.57 Å². The Labute approximate surface area is 219 Å². The van der Waals surface area contributed by atoms with Crippen LogP contribution in [0.5, 0.6) is 0 Å². The summed E-state index contributed by atoms with van der Waals surface area (Å²) in [6.07, 6.45) is 17.9. The molecule has 0 saturated heterocycles. The average Bonchev–Trinajstić information content (AvgIpc) is 3.10. The van der Waals surface area contributed by atoms with Crippen LogP contribution in [0.25, 0.3) is 0 Å². The first kappa shape index (κ1) is 29.2. The molecule has 204 valence electrons. The molecule has 0 heterocycles. The summed E-state index contributed by atoms with van der Waals surface area (Å²) in [5, 5.41) is 10.2. The second-order valence-corrected chi connectivity index (χ2v) is 14.4. The summed E-state index contributed by atoms with van der Waals surface area (Å²) in [5.41, 5.74) is 2.60. The van der Waals surface area contributed by atoms with Crippen LogP contribution in [0.15, 0.2) is 11.6 Å². The smallest absolute Gasteiger partial charge is 0.0577 e. The van der Waals surface area contributed by atoms with Crippen LogP contribution in [0.3, 0.4) is 0 Å². The number of aliphatic hydroxyl groups excluding tert-OH is 1. The first-order valence-electron chi connectivity index (χ1n) is 15.4. The zero-order valence-corrected chi connectivity index (χ0v) is 24.9. The number of hydrogen-bond acceptors (Lipinski definition) is 2. The van der Waals surface area contributed by atoms with E-state index in [0.717, 1.165) is 48.3 Å². The van der Waals surface area contributed by atoms with Crippen molar-refractivity contribution >= 4 is 0 Å². The molecule has 0 aliphatic heterocycles. The van der Waals surface area contributed by atoms with Gasteiger partial charge in [-0.3, -0.25) is 0 Å². The lowest BCUT2D eigenvalue weighted by atomic mass is 9.47. The molecule has 4 aliphatic carbocycles. The first-order valence-corrected chi connectivity index (χ1v) is 15.4. The molecule has 0 aromatic heterocycles. The van der Waals surface area contributed by atoms with Gasteiger partial charge in [0.15, 0.2) is 0 Å². The molecule has 35 heavy (non-hydrogen) atoms. The fourth-order valence-electron chi connectivity index (χ4n) is 9.21. The fourth-order valence-corrected chi connectivity index (χ4v) is 9.21. The van der Waals surface area contributed by atoms with Crippen molar-refractivity contribution in [2.45, 2.75) is 151 Å². The highest BCUT2D eigenvalue weighted by molar-refractivity contribution is 5.25. The zero-order chi connectivity index (χ0) is 26.0. The largest absolute Gasteiger partial charge is 0.393 e. The van der Waals surface area contributed by atoms with E-state index >= 15 is 0 Å². The fraction of sp³-hybridized carbons (Fsp3) is 0.939. The molecule has 0 radical (unpaired) electrons. The summed E-state index contributed by atoms with van der Waals surface area (Å²) in [4.78, 5) is 0. The molecule has 0 aromatic rings. The predicted octanol–water partition coefficient (Wildman–Crippen LogP) is 9.21. The van der Waals surface area contributed by atoms with Gasteiger partial charge in [-0.1, -0.05) is 65.5 Å². The third-order valence-electron chi connectivity index (χ3n) is 10.8. The number of hydrogen-bond donors (Lipinski definition) is 1. The Balaban J connectivity index is 0.000000429. The third-order valence-corrected chi connectivity index (χ3v) is 10.8. The molecule has 2 nitrogen and oxygen atoms in total. The molecule has 0 amide bonds. The lowest BCUT2D eigenvalue weighted by Crippen LogP contribution is -2.50. The lowest BCUT2D eigenvalue weighted by molar-refractivity contribution is -0.0573. The summed E-state index contributed by atoms with van der Waals surface area (Å²) < 4.78 is 5.25. The van der Waals surface area contributed by atoms with Gasteiger partial charge in [0.05, 0.1) is 18.3 Å². The minimum atomic E-state index is -0.0766. The molecule has 3 saturated carbocycles. The normalized spacial score (nSPS) is 39.5. The molecule has 2 heteroatoms. The van der Waals surface area contributed by atoms with Crippen molar-refractivity contribution in [3.63, 3.8) is 0 Å². The van der Waals surface area contributed by atoms with Crippen molar-refractivity contribution < 1.29 is 9.84 Å². The van der Waals surface area contributed by atoms with E-state index in [1.807, 2.05) is 27.7 Å². The summed E-state index contributed by atoms with van der Waals surface area (Å²) >= 11 is 0. The van der Waals surface area contributed by atoms with Crippen LogP contribution in [0.2, 0.25) is 0 Å². The quantitative estimate of drug-likeness (QED) is 0.362. The monoisotopic (exact) mass is 488 g/mol. The van der Waals surface area contributed by atoms with Gasteiger partial charge in [-0.15, -0.1) is 0 Å². The maximum atomic E-state index is 10.2. The molecule has 1 N–H and O–H groups in total. The Kier molecular flexibility index (Phi) is 10.0. The maximum absolute atomic E-state index is 10.2. The minimum Gasteiger partial charge on any atom is -0.393 e. The van der Waals surface area contributed by atoms with E-state index in [0.29, 0.717) is 23.0 Å². The molecule has 0 bridgehead atoms. The SMILES string of the molecule is CC(C)CCC[C@@H](C)[C@H]1CC[C@H]2[C@@H]3CC=C4C[C@@H](O)CC[C@]4(C)[C@H]3CC[C@]12C.CC(C)OC(C)C. The highest BCUT2D eigenvalue weighted by Crippen LogP contribution is 2.67. The summed E-state index contributed by atoms with van der Waals surface area (Å²) in [6.45, 7) is 20.7. The molecule has 0 spiro atoms. The average molecular weight is 489 g/mol. The van der Waals surface area contributed by atoms with Crippen LogP contribution in [0.1, 0.15) is 133 Å². The van der Waals surface area contributed by atoms with E-state index in [4.69, 9.17) is 4.74 Å². The highest BCUT2D eigenvalue weighted by atomic mass is 16.5. The van der Waals surface area contributed by atoms with Crippen molar-refractivity contribution in [3.05, 3.63) is 11.6 Å². The van der Waals surface area contributed by atoms with Crippen molar-refractivity contribution in [1.29, 1.82) is 0 Å². The minimum absolute atomic E-state index is 0.0766. The molecular formula is C33H60O2. The van der Waals surface area contributed by atoms with E-state index < -0.39 is 0 Å². The second kappa shape index (κ2) is 12.0. The van der Waals surface area contributed by atoms with Crippen molar-refractivity contribution in [2.24, 2.45) is 46.3 Å². The summed E-state index contributed by atoms with van der Waals surface area (Å²) in [5.74, 6) is 5.46. The van der Waals surface area contributed by atoms with Crippen LogP contribution in [-0.4, -0.2) is 23.4 Å². The van der Waals surface area contributed by atoms with Crippen molar-refractivity contribution in [2.75, 3.05) is 0 Å². The Hall–Kier alpha value is -0.340. The van der Waals surface area contributed by atoms with E-state index in [9.17, 15) is 5.11 Å². The standard InChI is InChI=1S/C27H46O.C6H14O/c1-18(2)7-6-8-19(3)23-11-12-24-22-10-9-20-17-21(28)13-15-26(20,4)25(22)14-16-27(23,24)5;1-5(2)7-6(3)4/h9,18-19,21-25,28H,6-8,10-17H2,1-5H3;5-6H,1-4H3/t19-,21+,22+,23-,24+,25+,26+,27-;/m1./s1. The Bertz CT molecular complexity index is 687. The molecule has 4 aliphatic rings. The van der Waals surface area contributed by atoms with Gasteiger partial charge in [0.2, 0.25) is 0 Å². The Morgan fingerprint density at radius 3 is 2.17 bits per heavy atom. The van der Waals surface area contributed by atoms with Gasteiger partial charge in [-0.05, 0) is 125 Å². The van der Waals surface area contributed by atoms with Gasteiger partial charge >= 0.3 is 0 Å². The van der Waals surface area contributed by atoms with Gasteiger partial charge in [0.1, 0.15) is 0 Å². The number of ether oxygens (including phenoxy) is 1. The van der Waals surface area contributed by atoms with Gasteiger partial charge in [-0.25, -0.2) is 0 Å². The highest BCUT2D eigenvalue weighted by Gasteiger charge is 2.59. The van der Waals surface area contributed by atoms with Crippen LogP contribution in [0, 0.1) is 46.3 Å². The van der Waals surface area contributed by atoms with Gasteiger partial charge < -0.3 is 9.84 Å². The number of rotatable bonds is 7. The van der Waals surface area contributed by atoms with Crippen LogP contribution < -0.4 is 0 Å². The maximum Gasteiger partial charge on any atom is 0.0577 e. The van der Waals surface area contributed by atoms with Crippen LogP contribution in [-0.2, 0) is 4.74 Å². The number of fused-ring (bicyclic) bond motifs is 5. The van der Waals surface area contributed by atoms with Gasteiger partial charge in [0.25, 0.3) is 0 Å².